The standard InChI is InChI=1S/C26H29NO5/c1-18-8-6-13-24(23(18)14-27-26(15-28,16-29)17-30)32-25(31)22-12-7-11-21(19(22)2)20-9-4-3-5-10-20/h3-13,27-30H,14-17H2,1-2H3. The van der Waals surface area contributed by atoms with Gasteiger partial charge in [-0.1, -0.05) is 54.6 Å². The Morgan fingerprint density at radius 2 is 1.53 bits per heavy atom. The van der Waals surface area contributed by atoms with E-state index in [4.69, 9.17) is 4.74 Å². The SMILES string of the molecule is Cc1cccc(OC(=O)c2cccc(-c3ccccc3)c2C)c1CNC(CO)(CO)CO. The second-order valence-corrected chi connectivity index (χ2v) is 7.89. The fourth-order valence-electron chi connectivity index (χ4n) is 3.53. The Kier molecular flexibility index (Phi) is 7.77. The monoisotopic (exact) mass is 435 g/mol. The summed E-state index contributed by atoms with van der Waals surface area (Å²) < 4.78 is 5.78. The molecule has 168 valence electrons. The van der Waals surface area contributed by atoms with Crippen LogP contribution in [0.2, 0.25) is 0 Å². The molecule has 0 spiro atoms. The van der Waals surface area contributed by atoms with E-state index in [2.05, 4.69) is 5.32 Å². The van der Waals surface area contributed by atoms with Crippen molar-refractivity contribution in [3.05, 3.63) is 89.0 Å². The van der Waals surface area contributed by atoms with Crippen LogP contribution in [0.25, 0.3) is 11.1 Å². The predicted octanol–water partition coefficient (Wildman–Crippen LogP) is 2.99. The van der Waals surface area contributed by atoms with Crippen molar-refractivity contribution < 1.29 is 24.9 Å². The Bertz CT molecular complexity index is 1050. The number of carbonyl (C=O) groups is 1. The second kappa shape index (κ2) is 10.5. The number of aryl methyl sites for hydroxylation is 1. The van der Waals surface area contributed by atoms with E-state index in [1.807, 2.05) is 62.4 Å². The van der Waals surface area contributed by atoms with Gasteiger partial charge in [-0.2, -0.15) is 0 Å². The topological polar surface area (TPSA) is 99.0 Å². The molecule has 0 radical (unpaired) electrons. The molecule has 0 aliphatic carbocycles. The average Bonchev–Trinajstić information content (AvgIpc) is 2.82. The first-order chi connectivity index (χ1) is 15.4. The summed E-state index contributed by atoms with van der Waals surface area (Å²) in [4.78, 5) is 13.1. The van der Waals surface area contributed by atoms with Gasteiger partial charge in [0.2, 0.25) is 0 Å². The number of benzene rings is 3. The van der Waals surface area contributed by atoms with E-state index < -0.39 is 31.3 Å². The molecule has 0 heterocycles. The fraction of sp³-hybridized carbons (Fsp3) is 0.269. The maximum absolute atomic E-state index is 13.1. The van der Waals surface area contributed by atoms with Crippen LogP contribution in [0.5, 0.6) is 5.75 Å². The summed E-state index contributed by atoms with van der Waals surface area (Å²) in [5.41, 5.74) is 3.64. The summed E-state index contributed by atoms with van der Waals surface area (Å²) in [7, 11) is 0. The summed E-state index contributed by atoms with van der Waals surface area (Å²) in [6.07, 6.45) is 0. The van der Waals surface area contributed by atoms with E-state index in [9.17, 15) is 20.1 Å². The molecule has 0 aliphatic heterocycles. The van der Waals surface area contributed by atoms with Gasteiger partial charge in [-0.15, -0.1) is 0 Å². The highest BCUT2D eigenvalue weighted by Gasteiger charge is 2.28. The maximum Gasteiger partial charge on any atom is 0.343 e. The van der Waals surface area contributed by atoms with E-state index in [1.165, 1.54) is 0 Å². The van der Waals surface area contributed by atoms with Crippen molar-refractivity contribution in [2.75, 3.05) is 19.8 Å². The molecule has 0 aromatic heterocycles. The Labute approximate surface area is 188 Å². The molecule has 3 aromatic rings. The van der Waals surface area contributed by atoms with Gasteiger partial charge in [0.25, 0.3) is 0 Å². The van der Waals surface area contributed by atoms with Gasteiger partial charge in [0.15, 0.2) is 0 Å². The van der Waals surface area contributed by atoms with Crippen LogP contribution >= 0.6 is 0 Å². The molecule has 0 amide bonds. The van der Waals surface area contributed by atoms with E-state index >= 15 is 0 Å². The van der Waals surface area contributed by atoms with Gasteiger partial charge in [0, 0.05) is 12.1 Å². The molecular formula is C26H29NO5. The fourth-order valence-corrected chi connectivity index (χ4v) is 3.53. The number of carbonyl (C=O) groups excluding carboxylic acids is 1. The van der Waals surface area contributed by atoms with Crippen LogP contribution in [0, 0.1) is 13.8 Å². The molecule has 0 unspecified atom stereocenters. The zero-order valence-electron chi connectivity index (χ0n) is 18.3. The number of ether oxygens (including phenoxy) is 1. The van der Waals surface area contributed by atoms with Crippen LogP contribution in [0.1, 0.15) is 27.0 Å². The van der Waals surface area contributed by atoms with Crippen LogP contribution in [0.4, 0.5) is 0 Å². The number of nitrogens with one attached hydrogen (secondary N) is 1. The van der Waals surface area contributed by atoms with E-state index in [-0.39, 0.29) is 6.54 Å². The third-order valence-electron chi connectivity index (χ3n) is 5.76. The lowest BCUT2D eigenvalue weighted by atomic mass is 9.96. The molecule has 0 saturated heterocycles. The Balaban J connectivity index is 1.87. The quantitative estimate of drug-likeness (QED) is 0.305. The van der Waals surface area contributed by atoms with Gasteiger partial charge in [-0.3, -0.25) is 0 Å². The lowest BCUT2D eigenvalue weighted by Crippen LogP contribution is -2.54. The van der Waals surface area contributed by atoms with Crippen molar-refractivity contribution >= 4 is 5.97 Å². The summed E-state index contributed by atoms with van der Waals surface area (Å²) >= 11 is 0. The molecule has 4 N–H and O–H groups in total. The van der Waals surface area contributed by atoms with Gasteiger partial charge >= 0.3 is 5.97 Å². The normalized spacial score (nSPS) is 11.4. The maximum atomic E-state index is 13.1. The molecule has 0 atom stereocenters. The molecular weight excluding hydrogens is 406 g/mol. The summed E-state index contributed by atoms with van der Waals surface area (Å²) in [5.74, 6) is -0.0837. The molecule has 3 aromatic carbocycles. The summed E-state index contributed by atoms with van der Waals surface area (Å²) in [6.45, 7) is 2.66. The highest BCUT2D eigenvalue weighted by molar-refractivity contribution is 5.95. The molecule has 3 rings (SSSR count). The van der Waals surface area contributed by atoms with Gasteiger partial charge in [0.1, 0.15) is 5.75 Å². The number of aliphatic hydroxyl groups excluding tert-OH is 3. The van der Waals surface area contributed by atoms with E-state index in [0.717, 1.165) is 22.3 Å². The Morgan fingerprint density at radius 3 is 2.19 bits per heavy atom. The molecule has 0 saturated carbocycles. The first kappa shape index (κ1) is 23.6. The third-order valence-corrected chi connectivity index (χ3v) is 5.76. The minimum absolute atomic E-state index is 0.194. The number of hydrogen-bond acceptors (Lipinski definition) is 6. The van der Waals surface area contributed by atoms with E-state index in [0.29, 0.717) is 16.9 Å². The molecule has 0 aliphatic rings. The molecule has 32 heavy (non-hydrogen) atoms. The zero-order chi connectivity index (χ0) is 23.1. The van der Waals surface area contributed by atoms with Gasteiger partial charge in [-0.05, 0) is 48.2 Å². The first-order valence-corrected chi connectivity index (χ1v) is 10.5. The van der Waals surface area contributed by atoms with Crippen LogP contribution in [-0.2, 0) is 6.54 Å². The van der Waals surface area contributed by atoms with Crippen LogP contribution in [-0.4, -0.2) is 46.6 Å². The summed E-state index contributed by atoms with van der Waals surface area (Å²) in [5, 5.41) is 31.7. The minimum Gasteiger partial charge on any atom is -0.423 e. The van der Waals surface area contributed by atoms with Gasteiger partial charge in [-0.25, -0.2) is 4.79 Å². The third kappa shape index (κ3) is 5.06. The number of aliphatic hydroxyl groups is 3. The number of rotatable bonds is 9. The van der Waals surface area contributed by atoms with Crippen LogP contribution in [0.15, 0.2) is 66.7 Å². The van der Waals surface area contributed by atoms with Gasteiger partial charge < -0.3 is 25.4 Å². The van der Waals surface area contributed by atoms with Crippen LogP contribution in [0.3, 0.4) is 0 Å². The van der Waals surface area contributed by atoms with Crippen molar-refractivity contribution in [3.63, 3.8) is 0 Å². The largest absolute Gasteiger partial charge is 0.423 e. The molecule has 6 nitrogen and oxygen atoms in total. The molecule has 0 bridgehead atoms. The van der Waals surface area contributed by atoms with Crippen molar-refractivity contribution in [3.8, 4) is 16.9 Å². The first-order valence-electron chi connectivity index (χ1n) is 10.5. The smallest absolute Gasteiger partial charge is 0.343 e. The lowest BCUT2D eigenvalue weighted by Gasteiger charge is -2.29. The molecule has 0 fully saturated rings. The van der Waals surface area contributed by atoms with Crippen molar-refractivity contribution in [1.82, 2.24) is 5.32 Å². The second-order valence-electron chi connectivity index (χ2n) is 7.89. The number of hydrogen-bond donors (Lipinski definition) is 4. The van der Waals surface area contributed by atoms with Crippen molar-refractivity contribution in [2.24, 2.45) is 0 Å². The van der Waals surface area contributed by atoms with E-state index in [1.54, 1.807) is 18.2 Å². The van der Waals surface area contributed by atoms with Gasteiger partial charge in [0.05, 0.1) is 30.9 Å². The highest BCUT2D eigenvalue weighted by atomic mass is 16.5. The Hall–Kier alpha value is -3.03. The Morgan fingerprint density at radius 1 is 0.875 bits per heavy atom. The lowest BCUT2D eigenvalue weighted by molar-refractivity contribution is 0.0410. The summed E-state index contributed by atoms with van der Waals surface area (Å²) in [6, 6.07) is 20.8. The molecule has 6 heteroatoms. The predicted molar refractivity (Wildman–Crippen MR) is 124 cm³/mol. The minimum atomic E-state index is -1.23. The zero-order valence-corrected chi connectivity index (χ0v) is 18.3. The average molecular weight is 436 g/mol. The van der Waals surface area contributed by atoms with Crippen molar-refractivity contribution in [1.29, 1.82) is 0 Å². The number of esters is 1. The highest BCUT2D eigenvalue weighted by Crippen LogP contribution is 2.28. The van der Waals surface area contributed by atoms with Crippen LogP contribution < -0.4 is 10.1 Å². The van der Waals surface area contributed by atoms with Crippen molar-refractivity contribution in [2.45, 2.75) is 25.9 Å².